The molecule has 2 aromatic carbocycles. The summed E-state index contributed by atoms with van der Waals surface area (Å²) < 4.78 is 38.0. The molecule has 88 heavy (non-hydrogen) atoms. The van der Waals surface area contributed by atoms with Gasteiger partial charge in [-0.05, 0) is 115 Å². The number of methoxy groups -OCH3 is 2. The van der Waals surface area contributed by atoms with Crippen LogP contribution in [0.4, 0.5) is 0 Å². The molecule has 0 radical (unpaired) electrons. The van der Waals surface area contributed by atoms with Crippen molar-refractivity contribution in [2.24, 2.45) is 9.98 Å². The van der Waals surface area contributed by atoms with E-state index < -0.39 is 95.1 Å². The quantitative estimate of drug-likeness (QED) is 0.0517. The van der Waals surface area contributed by atoms with Crippen LogP contribution in [-0.2, 0) is 96.3 Å². The van der Waals surface area contributed by atoms with Crippen molar-refractivity contribution >= 4 is 70.6 Å². The van der Waals surface area contributed by atoms with Gasteiger partial charge in [-0.3, -0.25) is 19.2 Å². The van der Waals surface area contributed by atoms with Gasteiger partial charge in [0.2, 0.25) is 35.4 Å². The predicted octanol–water partition coefficient (Wildman–Crippen LogP) is 2.03. The number of esters is 2. The molecule has 0 aliphatic carbocycles. The highest BCUT2D eigenvalue weighted by molar-refractivity contribution is 6.31. The summed E-state index contributed by atoms with van der Waals surface area (Å²) in [6, 6.07) is 9.53. The molecule has 4 N–H and O–H groups in total. The number of benzene rings is 2. The van der Waals surface area contributed by atoms with Crippen LogP contribution in [0.25, 0.3) is 0 Å². The van der Waals surface area contributed by atoms with E-state index in [1.165, 1.54) is 23.6 Å². The molecule has 4 aromatic rings. The Morgan fingerprint density at radius 3 is 1.43 bits per heavy atom. The van der Waals surface area contributed by atoms with E-state index in [2.05, 4.69) is 65.6 Å². The van der Waals surface area contributed by atoms with Gasteiger partial charge in [0, 0.05) is 36.0 Å². The van der Waals surface area contributed by atoms with Crippen LogP contribution in [0.3, 0.4) is 0 Å². The lowest BCUT2D eigenvalue weighted by molar-refractivity contribution is -0.148. The Morgan fingerprint density at radius 1 is 0.648 bits per heavy atom. The highest BCUT2D eigenvalue weighted by Gasteiger charge is 2.51. The molecule has 6 heterocycles. The standard InChI is InChI=1S/C60H74Cl2N14O12/c1-37(63-5)51(77)65-49(55(79)75-25-15-21-47(75)53-67-59(35-87-53,57(81)83-7)29-41-17-13-19-43(61)27-41)39(3)85-33-45-31-73(71-69-45)23-11-9-10-12-24-74-32-46(70-72-74)34-86-40(4)50(66-52(78)38(2)64-6)56(80)76-26-16-22-48(76)54-68-60(36-88-54,58(82)84-8)30-42-18-14-20-44(62)28-42/h13-14,17-20,27-28,31-32,37-40,47-50,63-64H,15-16,21-26,29-30,33-36H2,1-8H3,(H,65,77)(H,66,78)/t37-,38-,39+,40+,47-,48-,49-,50?,59+,60+/m0/s1. The Balaban J connectivity index is 0.838. The zero-order chi connectivity index (χ0) is 63.1. The average Bonchev–Trinajstić information content (AvgIpc) is 3.78. The summed E-state index contributed by atoms with van der Waals surface area (Å²) in [4.78, 5) is 95.0. The van der Waals surface area contributed by atoms with Crippen LogP contribution in [0.15, 0.2) is 70.9 Å². The molecule has 10 atom stereocenters. The predicted molar refractivity (Wildman–Crippen MR) is 321 cm³/mol. The van der Waals surface area contributed by atoms with Crippen molar-refractivity contribution in [2.45, 2.75) is 152 Å². The summed E-state index contributed by atoms with van der Waals surface area (Å²) in [5, 5.41) is 29.3. The van der Waals surface area contributed by atoms with E-state index in [0.29, 0.717) is 60.2 Å². The van der Waals surface area contributed by atoms with E-state index in [-0.39, 0.29) is 64.2 Å². The summed E-state index contributed by atoms with van der Waals surface area (Å²) in [6.07, 6.45) is 4.24. The number of carbonyl (C=O) groups excluding carboxylic acids is 6. The van der Waals surface area contributed by atoms with Gasteiger partial charge in [0.15, 0.2) is 11.1 Å². The number of nitrogens with one attached hydrogen (secondary N) is 4. The van der Waals surface area contributed by atoms with Crippen molar-refractivity contribution in [3.63, 3.8) is 0 Å². The molecule has 4 aliphatic rings. The minimum absolute atomic E-state index is 0.0465. The van der Waals surface area contributed by atoms with Crippen LogP contribution in [0.2, 0.25) is 10.0 Å². The second-order valence-corrected chi connectivity index (χ2v) is 22.8. The van der Waals surface area contributed by atoms with E-state index in [1.807, 2.05) is 12.1 Å². The number of nitrogens with zero attached hydrogens (tertiary/aromatic N) is 10. The molecule has 26 nitrogen and oxygen atoms in total. The van der Waals surface area contributed by atoms with E-state index in [9.17, 15) is 28.8 Å². The lowest BCUT2D eigenvalue weighted by Crippen LogP contribution is -2.58. The van der Waals surface area contributed by atoms with Gasteiger partial charge in [0.25, 0.3) is 0 Å². The maximum atomic E-state index is 14.5. The maximum absolute atomic E-state index is 14.5. The molecular weight excluding hydrogens is 1180 g/mol. The third-order valence-corrected chi connectivity index (χ3v) is 16.2. The number of ether oxygens (including phenoxy) is 6. The molecule has 2 aromatic heterocycles. The van der Waals surface area contributed by atoms with Gasteiger partial charge in [0.1, 0.15) is 61.9 Å². The van der Waals surface area contributed by atoms with Crippen molar-refractivity contribution in [2.75, 3.05) is 54.6 Å². The number of hydrogen-bond acceptors (Lipinski definition) is 20. The second-order valence-electron chi connectivity index (χ2n) is 22.0. The van der Waals surface area contributed by atoms with Gasteiger partial charge in [-0.2, -0.15) is 0 Å². The summed E-state index contributed by atoms with van der Waals surface area (Å²) in [5.41, 5.74) is -0.348. The Labute approximate surface area is 520 Å². The molecule has 4 aliphatic heterocycles. The molecular formula is C60H74Cl2N14O12. The molecule has 2 saturated heterocycles. The van der Waals surface area contributed by atoms with Gasteiger partial charge in [-0.15, -0.1) is 10.2 Å². The second kappa shape index (κ2) is 30.3. The third-order valence-electron chi connectivity index (χ3n) is 15.7. The van der Waals surface area contributed by atoms with E-state index >= 15 is 0 Å². The van der Waals surface area contributed by atoms with Crippen molar-refractivity contribution < 1.29 is 57.2 Å². The lowest BCUT2D eigenvalue weighted by atomic mass is 9.92. The number of aromatic nitrogens is 6. The number of hydrogen-bond donors (Lipinski definition) is 4. The number of likely N-dealkylation sites (N-methyl/N-ethyl adjacent to an activating group) is 2. The smallest absolute Gasteiger partial charge is 0.337 e. The van der Waals surface area contributed by atoms with Crippen LogP contribution < -0.4 is 21.3 Å². The number of likely N-dealkylation sites (tertiary alicyclic amines) is 2. The molecule has 470 valence electrons. The molecule has 8 rings (SSSR count). The zero-order valence-electron chi connectivity index (χ0n) is 50.4. The normalized spacial score (nSPS) is 21.6. The van der Waals surface area contributed by atoms with E-state index in [1.54, 1.807) is 100 Å². The molecule has 2 fully saturated rings. The first-order valence-corrected chi connectivity index (χ1v) is 29.7. The number of carbonyl (C=O) groups is 6. The van der Waals surface area contributed by atoms with E-state index in [4.69, 9.17) is 61.6 Å². The van der Waals surface area contributed by atoms with Crippen LogP contribution in [0.1, 0.15) is 75.9 Å². The number of rotatable bonds is 26. The Kier molecular flexibility index (Phi) is 22.7. The van der Waals surface area contributed by atoms with E-state index in [0.717, 1.165) is 11.1 Å². The molecule has 28 heteroatoms. The molecule has 0 spiro atoms. The highest BCUT2D eigenvalue weighted by Crippen LogP contribution is 2.34. The molecule has 0 saturated carbocycles. The first-order chi connectivity index (χ1) is 42.3. The monoisotopic (exact) mass is 1250 g/mol. The third kappa shape index (κ3) is 16.2. The van der Waals surface area contributed by atoms with Crippen LogP contribution in [0, 0.1) is 23.7 Å². The summed E-state index contributed by atoms with van der Waals surface area (Å²) in [7, 11) is 5.86. The Hall–Kier alpha value is -7.98. The minimum atomic E-state index is -1.39. The fourth-order valence-corrected chi connectivity index (χ4v) is 11.0. The largest absolute Gasteiger partial charge is 0.476 e. The topological polar surface area (TPSA) is 299 Å². The Morgan fingerprint density at radius 2 is 1.06 bits per heavy atom. The van der Waals surface area contributed by atoms with Gasteiger partial charge in [-0.25, -0.2) is 28.9 Å². The van der Waals surface area contributed by atoms with Gasteiger partial charge in [0.05, 0.1) is 64.1 Å². The van der Waals surface area contributed by atoms with Crippen LogP contribution in [-0.4, -0.2) is 201 Å². The van der Waals surface area contributed by atoms with Crippen molar-refractivity contribution in [1.82, 2.24) is 61.1 Å². The van der Waals surface area contributed by atoms with Gasteiger partial charge < -0.3 is 59.5 Å². The van der Waals surface area contributed by atoms with Gasteiger partial charge in [-0.1, -0.05) is 69.7 Å². The van der Waals surface area contributed by atoms with Crippen LogP contribution >= 0.6 is 23.2 Å². The highest BCUT2D eigenvalue weighted by atomic mass is 35.5. The van der Waals surface area contributed by atoms with Gasteiger partial charge >= 0.3 is 11.9 Å². The first kappa shape index (κ1) is 66.0. The number of amides is 4. The summed E-state index contributed by atoms with van der Waals surface area (Å²) >= 11 is 12.5. The van der Waals surface area contributed by atoms with Crippen molar-refractivity contribution in [3.05, 3.63) is 93.5 Å². The van der Waals surface area contributed by atoms with Crippen molar-refractivity contribution in [1.29, 1.82) is 0 Å². The fourth-order valence-electron chi connectivity index (χ4n) is 10.6. The molecule has 1 unspecified atom stereocenters. The molecule has 0 bridgehead atoms. The number of halogens is 2. The van der Waals surface area contributed by atoms with Crippen molar-refractivity contribution in [3.8, 4) is 23.7 Å². The first-order valence-electron chi connectivity index (χ1n) is 28.9. The number of aliphatic imine (C=N–C) groups is 2. The maximum Gasteiger partial charge on any atom is 0.337 e. The minimum Gasteiger partial charge on any atom is -0.476 e. The van der Waals surface area contributed by atoms with Crippen LogP contribution in [0.5, 0.6) is 0 Å². The SMILES string of the molecule is CN[C@@H](C)C(=O)NC(C(=O)N1CCC[C@H]1C1=N[C@@](Cc2cccc(Cl)c2)(C(=O)OC)CO1)[C@@H](C)OCc1cn(CC#CC#CCn2cc(CO[C@H](C)[C@H](NC(=O)[C@H](C)NC)C(=O)N3CCC[C@H]3C3=N[C@@](Cc4cccc(Cl)c4)(C(=O)OC)CO3)nn2)nn1. The molecule has 4 amide bonds. The fraction of sp³-hybridized carbons (Fsp3) is 0.533. The lowest BCUT2D eigenvalue weighted by Gasteiger charge is -2.32. The summed E-state index contributed by atoms with van der Waals surface area (Å²) in [5.74, 6) is 9.14. The Bertz CT molecular complexity index is 3160. The zero-order valence-corrected chi connectivity index (χ0v) is 51.9. The summed E-state index contributed by atoms with van der Waals surface area (Å²) in [6.45, 7) is 7.46. The average molecular weight is 1250 g/mol.